The Balaban J connectivity index is 1.61. The van der Waals surface area contributed by atoms with E-state index in [-0.39, 0.29) is 0 Å². The van der Waals surface area contributed by atoms with Crippen LogP contribution in [0, 0.1) is 0 Å². The number of anilines is 2. The maximum absolute atomic E-state index is 4.62. The highest BCUT2D eigenvalue weighted by atomic mass is 32.1. The van der Waals surface area contributed by atoms with Crippen LogP contribution in [0.25, 0.3) is 16.9 Å². The molecule has 0 saturated heterocycles. The number of tetrazole rings is 1. The van der Waals surface area contributed by atoms with Gasteiger partial charge in [0.15, 0.2) is 5.13 Å². The minimum Gasteiger partial charge on any atom is -0.330 e. The van der Waals surface area contributed by atoms with Crippen molar-refractivity contribution >= 4 is 22.2 Å². The number of nitrogens with zero attached hydrogens (tertiary/aromatic N) is 6. The van der Waals surface area contributed by atoms with E-state index in [1.165, 1.54) is 0 Å². The van der Waals surface area contributed by atoms with Crippen LogP contribution in [0.5, 0.6) is 0 Å². The second-order valence-electron chi connectivity index (χ2n) is 4.71. The molecule has 1 aromatic carbocycles. The standard InChI is InChI=1S/C15H11N7S/c1-3-11(7-13(5-1)22-10-17-20-21-22)14-9-23-15(19-14)18-12-4-2-6-16-8-12/h1-10H,(H,18,19). The van der Waals surface area contributed by atoms with Crippen LogP contribution in [-0.2, 0) is 0 Å². The number of thiazole rings is 1. The van der Waals surface area contributed by atoms with E-state index in [1.807, 2.05) is 41.8 Å². The first-order valence-corrected chi connectivity index (χ1v) is 7.73. The fraction of sp³-hybridized carbons (Fsp3) is 0. The SMILES string of the molecule is c1cncc(Nc2nc(-c3cccc(-n4cnnn4)c3)cs2)c1. The van der Waals surface area contributed by atoms with E-state index in [9.17, 15) is 0 Å². The molecule has 0 aliphatic heterocycles. The van der Waals surface area contributed by atoms with Crippen molar-refractivity contribution in [2.75, 3.05) is 5.32 Å². The quantitative estimate of drug-likeness (QED) is 0.622. The third kappa shape index (κ3) is 2.92. The molecule has 3 aromatic heterocycles. The van der Waals surface area contributed by atoms with Gasteiger partial charge in [0.25, 0.3) is 0 Å². The first-order valence-electron chi connectivity index (χ1n) is 6.85. The summed E-state index contributed by atoms with van der Waals surface area (Å²) in [5.41, 5.74) is 3.71. The summed E-state index contributed by atoms with van der Waals surface area (Å²) in [6.07, 6.45) is 5.07. The third-order valence-electron chi connectivity index (χ3n) is 3.17. The lowest BCUT2D eigenvalue weighted by Gasteiger charge is -2.02. The summed E-state index contributed by atoms with van der Waals surface area (Å²) in [5, 5.41) is 17.3. The van der Waals surface area contributed by atoms with Crippen molar-refractivity contribution in [1.82, 2.24) is 30.2 Å². The van der Waals surface area contributed by atoms with Crippen molar-refractivity contribution in [3.63, 3.8) is 0 Å². The fourth-order valence-electron chi connectivity index (χ4n) is 2.11. The maximum Gasteiger partial charge on any atom is 0.187 e. The molecule has 0 saturated carbocycles. The Morgan fingerprint density at radius 2 is 2.13 bits per heavy atom. The van der Waals surface area contributed by atoms with Crippen LogP contribution in [0.3, 0.4) is 0 Å². The van der Waals surface area contributed by atoms with Crippen LogP contribution >= 0.6 is 11.3 Å². The Hall–Kier alpha value is -3.13. The highest BCUT2D eigenvalue weighted by Crippen LogP contribution is 2.27. The van der Waals surface area contributed by atoms with Crippen molar-refractivity contribution in [1.29, 1.82) is 0 Å². The van der Waals surface area contributed by atoms with Crippen LogP contribution in [0.15, 0.2) is 60.5 Å². The van der Waals surface area contributed by atoms with E-state index in [0.717, 1.165) is 27.8 Å². The minimum absolute atomic E-state index is 0.820. The average molecular weight is 321 g/mol. The molecule has 0 bridgehead atoms. The van der Waals surface area contributed by atoms with E-state index < -0.39 is 0 Å². The lowest BCUT2D eigenvalue weighted by Crippen LogP contribution is -1.95. The largest absolute Gasteiger partial charge is 0.330 e. The second-order valence-corrected chi connectivity index (χ2v) is 5.57. The zero-order valence-electron chi connectivity index (χ0n) is 11.9. The lowest BCUT2D eigenvalue weighted by atomic mass is 10.1. The highest BCUT2D eigenvalue weighted by Gasteiger charge is 2.07. The van der Waals surface area contributed by atoms with Crippen LogP contribution in [0.2, 0.25) is 0 Å². The number of nitrogens with one attached hydrogen (secondary N) is 1. The summed E-state index contributed by atoms with van der Waals surface area (Å²) in [6.45, 7) is 0. The number of rotatable bonds is 4. The van der Waals surface area contributed by atoms with E-state index >= 15 is 0 Å². The molecule has 0 aliphatic carbocycles. The monoisotopic (exact) mass is 321 g/mol. The Kier molecular flexibility index (Phi) is 3.49. The van der Waals surface area contributed by atoms with Gasteiger partial charge in [-0.05, 0) is 34.7 Å². The molecule has 112 valence electrons. The Bertz CT molecular complexity index is 903. The minimum atomic E-state index is 0.820. The van der Waals surface area contributed by atoms with Gasteiger partial charge in [-0.2, -0.15) is 0 Å². The molecule has 7 nitrogen and oxygen atoms in total. The summed E-state index contributed by atoms with van der Waals surface area (Å²) >= 11 is 1.55. The van der Waals surface area contributed by atoms with Gasteiger partial charge in [0.05, 0.1) is 23.3 Å². The zero-order valence-corrected chi connectivity index (χ0v) is 12.7. The van der Waals surface area contributed by atoms with Gasteiger partial charge in [0.2, 0.25) is 0 Å². The first-order chi connectivity index (χ1) is 11.4. The molecule has 23 heavy (non-hydrogen) atoms. The molecule has 0 atom stereocenters. The van der Waals surface area contributed by atoms with Crippen molar-refractivity contribution in [3.05, 3.63) is 60.5 Å². The molecule has 1 N–H and O–H groups in total. The molecule has 3 heterocycles. The summed E-state index contributed by atoms with van der Waals surface area (Å²) in [7, 11) is 0. The molecule has 0 amide bonds. The smallest absolute Gasteiger partial charge is 0.187 e. The third-order valence-corrected chi connectivity index (χ3v) is 3.93. The molecular formula is C15H11N7S. The normalized spacial score (nSPS) is 10.6. The summed E-state index contributed by atoms with van der Waals surface area (Å²) in [4.78, 5) is 8.70. The predicted molar refractivity (Wildman–Crippen MR) is 87.8 cm³/mol. The maximum atomic E-state index is 4.62. The Morgan fingerprint density at radius 1 is 1.13 bits per heavy atom. The molecule has 0 fully saturated rings. The van der Waals surface area contributed by atoms with Crippen molar-refractivity contribution in [2.24, 2.45) is 0 Å². The van der Waals surface area contributed by atoms with E-state index in [1.54, 1.807) is 34.7 Å². The number of aromatic nitrogens is 6. The van der Waals surface area contributed by atoms with E-state index in [4.69, 9.17) is 0 Å². The van der Waals surface area contributed by atoms with Crippen molar-refractivity contribution in [2.45, 2.75) is 0 Å². The van der Waals surface area contributed by atoms with Gasteiger partial charge in [-0.15, -0.1) is 16.4 Å². The molecular weight excluding hydrogens is 310 g/mol. The highest BCUT2D eigenvalue weighted by molar-refractivity contribution is 7.14. The molecule has 0 unspecified atom stereocenters. The summed E-state index contributed by atoms with van der Waals surface area (Å²) < 4.78 is 1.62. The number of hydrogen-bond donors (Lipinski definition) is 1. The van der Waals surface area contributed by atoms with Gasteiger partial charge in [-0.25, -0.2) is 9.67 Å². The number of benzene rings is 1. The Labute approximate surface area is 135 Å². The van der Waals surface area contributed by atoms with Gasteiger partial charge in [-0.1, -0.05) is 12.1 Å². The molecule has 0 spiro atoms. The van der Waals surface area contributed by atoms with E-state index in [2.05, 4.69) is 30.8 Å². The van der Waals surface area contributed by atoms with Crippen LogP contribution in [0.1, 0.15) is 0 Å². The average Bonchev–Trinajstić information content (AvgIpc) is 3.28. The lowest BCUT2D eigenvalue weighted by molar-refractivity contribution is 0.789. The summed E-state index contributed by atoms with van der Waals surface area (Å²) in [6, 6.07) is 11.7. The van der Waals surface area contributed by atoms with Crippen molar-refractivity contribution in [3.8, 4) is 16.9 Å². The van der Waals surface area contributed by atoms with Crippen LogP contribution < -0.4 is 5.32 Å². The zero-order chi connectivity index (χ0) is 15.5. The molecule has 0 radical (unpaired) electrons. The van der Waals surface area contributed by atoms with E-state index in [0.29, 0.717) is 0 Å². The Morgan fingerprint density at radius 3 is 2.96 bits per heavy atom. The van der Waals surface area contributed by atoms with Crippen molar-refractivity contribution < 1.29 is 0 Å². The fourth-order valence-corrected chi connectivity index (χ4v) is 2.85. The van der Waals surface area contributed by atoms with Gasteiger partial charge in [0.1, 0.15) is 6.33 Å². The molecule has 8 heteroatoms. The van der Waals surface area contributed by atoms with Crippen LogP contribution in [0.4, 0.5) is 10.8 Å². The van der Waals surface area contributed by atoms with Gasteiger partial charge >= 0.3 is 0 Å². The molecule has 4 aromatic rings. The van der Waals surface area contributed by atoms with Gasteiger partial charge in [0, 0.05) is 17.1 Å². The topological polar surface area (TPSA) is 81.4 Å². The number of hydrogen-bond acceptors (Lipinski definition) is 7. The van der Waals surface area contributed by atoms with Gasteiger partial charge < -0.3 is 5.32 Å². The molecule has 4 rings (SSSR count). The first kappa shape index (κ1) is 13.5. The number of pyridine rings is 1. The van der Waals surface area contributed by atoms with Crippen LogP contribution in [-0.4, -0.2) is 30.2 Å². The second kappa shape index (κ2) is 5.93. The molecule has 0 aliphatic rings. The summed E-state index contributed by atoms with van der Waals surface area (Å²) in [5.74, 6) is 0. The predicted octanol–water partition coefficient (Wildman–Crippen LogP) is 2.92. The van der Waals surface area contributed by atoms with Gasteiger partial charge in [-0.3, -0.25) is 4.98 Å².